The molecule has 1 aliphatic heterocycles. The number of para-hydroxylation sites is 1. The Morgan fingerprint density at radius 2 is 2.09 bits per heavy atom. The minimum absolute atomic E-state index is 0.688. The first-order valence-corrected chi connectivity index (χ1v) is 7.66. The van der Waals surface area contributed by atoms with Crippen molar-refractivity contribution in [2.24, 2.45) is 4.99 Å². The van der Waals surface area contributed by atoms with Crippen LogP contribution in [0.2, 0.25) is 0 Å². The van der Waals surface area contributed by atoms with E-state index in [4.69, 9.17) is 4.74 Å². The lowest BCUT2D eigenvalue weighted by Gasteiger charge is -2.17. The zero-order valence-electron chi connectivity index (χ0n) is 12.8. The number of rotatable bonds is 4. The lowest BCUT2D eigenvalue weighted by molar-refractivity contribution is 0.474. The van der Waals surface area contributed by atoms with E-state index in [-0.39, 0.29) is 0 Å². The first-order valence-electron chi connectivity index (χ1n) is 7.66. The third-order valence-electron chi connectivity index (χ3n) is 3.53. The quantitative estimate of drug-likeness (QED) is 0.910. The van der Waals surface area contributed by atoms with Crippen molar-refractivity contribution >= 4 is 5.96 Å². The minimum atomic E-state index is 0.688. The highest BCUT2D eigenvalue weighted by atomic mass is 16.5. The molecule has 0 radical (unpaired) electrons. The van der Waals surface area contributed by atoms with Gasteiger partial charge in [-0.15, -0.1) is 0 Å². The number of ether oxygens (including phenoxy) is 1. The van der Waals surface area contributed by atoms with Crippen molar-refractivity contribution < 1.29 is 4.74 Å². The van der Waals surface area contributed by atoms with Crippen LogP contribution in [-0.4, -0.2) is 19.0 Å². The number of nitrogens with zero attached hydrogens (tertiary/aromatic N) is 1. The van der Waals surface area contributed by atoms with E-state index in [2.05, 4.69) is 34.7 Å². The molecule has 0 atom stereocenters. The van der Waals surface area contributed by atoms with Crippen LogP contribution in [0.1, 0.15) is 17.5 Å². The molecule has 0 aromatic heterocycles. The molecular formula is C18H21N3O. The average molecular weight is 295 g/mol. The van der Waals surface area contributed by atoms with E-state index in [0.29, 0.717) is 6.54 Å². The Kier molecular flexibility index (Phi) is 4.59. The monoisotopic (exact) mass is 295 g/mol. The molecule has 4 nitrogen and oxygen atoms in total. The molecule has 114 valence electrons. The highest BCUT2D eigenvalue weighted by Crippen LogP contribution is 2.25. The summed E-state index contributed by atoms with van der Waals surface area (Å²) in [5.41, 5.74) is 2.30. The summed E-state index contributed by atoms with van der Waals surface area (Å²) in [6.07, 6.45) is 1.10. The van der Waals surface area contributed by atoms with Crippen LogP contribution in [0.15, 0.2) is 53.5 Å². The molecule has 0 saturated carbocycles. The molecule has 1 aliphatic rings. The Labute approximate surface area is 131 Å². The lowest BCUT2D eigenvalue weighted by atomic mass is 10.2. The summed E-state index contributed by atoms with van der Waals surface area (Å²) < 4.78 is 6.03. The molecule has 2 aromatic carbocycles. The van der Waals surface area contributed by atoms with Crippen molar-refractivity contribution in [3.63, 3.8) is 0 Å². The average Bonchev–Trinajstić information content (AvgIpc) is 2.55. The van der Waals surface area contributed by atoms with Crippen LogP contribution < -0.4 is 15.4 Å². The zero-order valence-corrected chi connectivity index (χ0v) is 12.8. The van der Waals surface area contributed by atoms with E-state index in [9.17, 15) is 0 Å². The van der Waals surface area contributed by atoms with Crippen molar-refractivity contribution in [2.45, 2.75) is 19.9 Å². The van der Waals surface area contributed by atoms with Crippen LogP contribution in [0.5, 0.6) is 11.5 Å². The smallest absolute Gasteiger partial charge is 0.191 e. The number of aliphatic imine (C=N–C) groups is 1. The van der Waals surface area contributed by atoms with E-state index < -0.39 is 0 Å². The molecule has 1 heterocycles. The van der Waals surface area contributed by atoms with Crippen molar-refractivity contribution in [3.05, 3.63) is 59.7 Å². The van der Waals surface area contributed by atoms with E-state index in [1.807, 2.05) is 36.4 Å². The first kappa shape index (κ1) is 14.4. The van der Waals surface area contributed by atoms with Gasteiger partial charge in [0.15, 0.2) is 5.96 Å². The van der Waals surface area contributed by atoms with Gasteiger partial charge < -0.3 is 15.4 Å². The Bertz CT molecular complexity index is 667. The molecule has 0 bridgehead atoms. The van der Waals surface area contributed by atoms with Crippen molar-refractivity contribution in [3.8, 4) is 11.5 Å². The highest BCUT2D eigenvalue weighted by molar-refractivity contribution is 5.80. The standard InChI is InChI=1S/C18H21N3O/c1-14-6-4-8-16(12-14)22-17-9-3-2-7-15(17)13-21-18-19-10-5-11-20-18/h2-4,6-9,12H,5,10-11,13H2,1H3,(H2,19,20,21). The molecule has 0 amide bonds. The highest BCUT2D eigenvalue weighted by Gasteiger charge is 2.07. The number of hydrogen-bond acceptors (Lipinski definition) is 4. The molecule has 4 heteroatoms. The Hall–Kier alpha value is -2.49. The van der Waals surface area contributed by atoms with Gasteiger partial charge in [-0.3, -0.25) is 4.99 Å². The summed E-state index contributed by atoms with van der Waals surface area (Å²) >= 11 is 0. The topological polar surface area (TPSA) is 45.6 Å². The summed E-state index contributed by atoms with van der Waals surface area (Å²) in [4.78, 5) is 4.42. The van der Waals surface area contributed by atoms with Crippen molar-refractivity contribution in [1.82, 2.24) is 10.6 Å². The SMILES string of the molecule is Cc1cccc(Oc2ccccc2CNC2=NCCCN2)c1. The van der Waals surface area contributed by atoms with Gasteiger partial charge in [0.25, 0.3) is 0 Å². The van der Waals surface area contributed by atoms with Gasteiger partial charge in [-0.2, -0.15) is 0 Å². The summed E-state index contributed by atoms with van der Waals surface area (Å²) in [6, 6.07) is 16.2. The van der Waals surface area contributed by atoms with Crippen LogP contribution in [0, 0.1) is 6.92 Å². The molecule has 0 unspecified atom stereocenters. The second kappa shape index (κ2) is 6.98. The maximum atomic E-state index is 6.03. The fourth-order valence-electron chi connectivity index (χ4n) is 2.39. The van der Waals surface area contributed by atoms with Crippen LogP contribution in [0.3, 0.4) is 0 Å². The number of aryl methyl sites for hydroxylation is 1. The number of nitrogens with one attached hydrogen (secondary N) is 2. The normalized spacial score (nSPS) is 14.0. The van der Waals surface area contributed by atoms with E-state index in [0.717, 1.165) is 42.5 Å². The maximum Gasteiger partial charge on any atom is 0.191 e. The van der Waals surface area contributed by atoms with Gasteiger partial charge in [0.05, 0.1) is 0 Å². The third-order valence-corrected chi connectivity index (χ3v) is 3.53. The molecule has 0 saturated heterocycles. The summed E-state index contributed by atoms with van der Waals surface area (Å²) in [6.45, 7) is 4.62. The molecule has 0 spiro atoms. The Morgan fingerprint density at radius 1 is 1.18 bits per heavy atom. The maximum absolute atomic E-state index is 6.03. The second-order valence-corrected chi connectivity index (χ2v) is 5.39. The van der Waals surface area contributed by atoms with Crippen molar-refractivity contribution in [1.29, 1.82) is 0 Å². The van der Waals surface area contributed by atoms with Gasteiger partial charge in [-0.1, -0.05) is 30.3 Å². The van der Waals surface area contributed by atoms with Gasteiger partial charge in [-0.25, -0.2) is 0 Å². The fraction of sp³-hybridized carbons (Fsp3) is 0.278. The van der Waals surface area contributed by atoms with Gasteiger partial charge in [0.1, 0.15) is 11.5 Å². The zero-order chi connectivity index (χ0) is 15.2. The largest absolute Gasteiger partial charge is 0.457 e. The van der Waals surface area contributed by atoms with Crippen LogP contribution in [-0.2, 0) is 6.54 Å². The lowest BCUT2D eigenvalue weighted by Crippen LogP contribution is -2.40. The van der Waals surface area contributed by atoms with Crippen LogP contribution in [0.25, 0.3) is 0 Å². The predicted octanol–water partition coefficient (Wildman–Crippen LogP) is 3.23. The first-order chi connectivity index (χ1) is 10.8. The molecule has 22 heavy (non-hydrogen) atoms. The van der Waals surface area contributed by atoms with Gasteiger partial charge in [0.2, 0.25) is 0 Å². The fourth-order valence-corrected chi connectivity index (χ4v) is 2.39. The number of hydrogen-bond donors (Lipinski definition) is 2. The molecule has 2 aromatic rings. The summed E-state index contributed by atoms with van der Waals surface area (Å²) in [5, 5.41) is 6.60. The van der Waals surface area contributed by atoms with Gasteiger partial charge >= 0.3 is 0 Å². The number of benzene rings is 2. The molecular weight excluding hydrogens is 274 g/mol. The molecule has 0 aliphatic carbocycles. The van der Waals surface area contributed by atoms with Crippen LogP contribution in [0.4, 0.5) is 0 Å². The van der Waals surface area contributed by atoms with Gasteiger partial charge in [0, 0.05) is 25.2 Å². The Morgan fingerprint density at radius 3 is 2.91 bits per heavy atom. The van der Waals surface area contributed by atoms with Gasteiger partial charge in [-0.05, 0) is 37.1 Å². The van der Waals surface area contributed by atoms with E-state index in [1.54, 1.807) is 0 Å². The Balaban J connectivity index is 1.70. The van der Waals surface area contributed by atoms with E-state index >= 15 is 0 Å². The third kappa shape index (κ3) is 3.79. The second-order valence-electron chi connectivity index (χ2n) is 5.39. The van der Waals surface area contributed by atoms with Crippen molar-refractivity contribution in [2.75, 3.05) is 13.1 Å². The van der Waals surface area contributed by atoms with E-state index in [1.165, 1.54) is 5.56 Å². The minimum Gasteiger partial charge on any atom is -0.457 e. The predicted molar refractivity (Wildman–Crippen MR) is 89.5 cm³/mol. The van der Waals surface area contributed by atoms with Crippen LogP contribution >= 0.6 is 0 Å². The molecule has 3 rings (SSSR count). The molecule has 2 N–H and O–H groups in total. The summed E-state index contributed by atoms with van der Waals surface area (Å²) in [5.74, 6) is 2.61. The number of guanidine groups is 1. The molecule has 0 fully saturated rings. The summed E-state index contributed by atoms with van der Waals surface area (Å²) in [7, 11) is 0.